The number of Topliss-reactive ketones (excluding diaryl/α,β-unsaturated/α-hetero) is 1. The number of benzene rings is 1. The second-order valence-corrected chi connectivity index (χ2v) is 12.7. The topological polar surface area (TPSA) is 209 Å². The molecule has 2 aliphatic rings. The van der Waals surface area contributed by atoms with Gasteiger partial charge in [-0.3, -0.25) is 43.3 Å². The fourth-order valence-corrected chi connectivity index (χ4v) is 5.53. The van der Waals surface area contributed by atoms with Crippen molar-refractivity contribution in [2.24, 2.45) is 17.8 Å². The molecule has 0 spiro atoms. The van der Waals surface area contributed by atoms with Gasteiger partial charge in [0.05, 0.1) is 19.6 Å². The Labute approximate surface area is 297 Å². The number of carbonyl (C=O) groups is 8. The molecule has 284 valence electrons. The minimum Gasteiger partial charge on any atom is -0.347 e. The Morgan fingerprint density at radius 1 is 0.808 bits per heavy atom. The molecule has 1 fully saturated rings. The Kier molecular flexibility index (Phi) is 15.5. The van der Waals surface area contributed by atoms with E-state index in [-0.39, 0.29) is 36.0 Å². The van der Waals surface area contributed by atoms with Crippen molar-refractivity contribution in [3.8, 4) is 0 Å². The van der Waals surface area contributed by atoms with Gasteiger partial charge in [0.2, 0.25) is 35.6 Å². The first-order valence-corrected chi connectivity index (χ1v) is 16.7. The number of hydrogen-bond acceptors (Lipinski definition) is 9. The van der Waals surface area contributed by atoms with Gasteiger partial charge >= 0.3 is 6.18 Å². The predicted molar refractivity (Wildman–Crippen MR) is 176 cm³/mol. The maximum absolute atomic E-state index is 13.2. The van der Waals surface area contributed by atoms with Gasteiger partial charge in [-0.1, -0.05) is 44.2 Å². The summed E-state index contributed by atoms with van der Waals surface area (Å²) in [6, 6.07) is 7.30. The van der Waals surface area contributed by atoms with Crippen molar-refractivity contribution in [2.75, 3.05) is 32.9 Å². The van der Waals surface area contributed by atoms with Gasteiger partial charge in [-0.25, -0.2) is 0 Å². The van der Waals surface area contributed by atoms with Crippen LogP contribution in [0, 0.1) is 17.8 Å². The Balaban J connectivity index is 1.41. The summed E-state index contributed by atoms with van der Waals surface area (Å²) in [5, 5.41) is 11.7. The van der Waals surface area contributed by atoms with E-state index >= 15 is 0 Å². The lowest BCUT2D eigenvalue weighted by Crippen LogP contribution is -2.52. The quantitative estimate of drug-likeness (QED) is 0.102. The zero-order valence-electron chi connectivity index (χ0n) is 28.8. The van der Waals surface area contributed by atoms with Crippen LogP contribution in [-0.2, 0) is 49.5 Å². The van der Waals surface area contributed by atoms with Gasteiger partial charge in [0.15, 0.2) is 5.78 Å². The van der Waals surface area contributed by atoms with Gasteiger partial charge in [0.25, 0.3) is 11.8 Å². The van der Waals surface area contributed by atoms with Crippen molar-refractivity contribution in [1.29, 1.82) is 0 Å². The normalized spacial score (nSPS) is 18.4. The number of halogens is 3. The Morgan fingerprint density at radius 2 is 1.38 bits per heavy atom. The summed E-state index contributed by atoms with van der Waals surface area (Å²) in [6.07, 6.45) is -3.00. The van der Waals surface area contributed by atoms with Crippen LogP contribution in [-0.4, -0.2) is 103 Å². The van der Waals surface area contributed by atoms with Crippen LogP contribution in [0.25, 0.3) is 0 Å². The lowest BCUT2D eigenvalue weighted by atomic mass is 9.81. The van der Waals surface area contributed by atoms with Crippen LogP contribution in [0.2, 0.25) is 0 Å². The molecule has 0 aromatic heterocycles. The van der Waals surface area contributed by atoms with E-state index in [0.29, 0.717) is 37.8 Å². The molecule has 0 radical (unpaired) electrons. The average molecular weight is 737 g/mol. The highest BCUT2D eigenvalue weighted by molar-refractivity contribution is 6.12. The summed E-state index contributed by atoms with van der Waals surface area (Å²) in [5.41, 5.74) is 0.643. The van der Waals surface area contributed by atoms with E-state index in [1.54, 1.807) is 30.3 Å². The third-order valence-electron chi connectivity index (χ3n) is 8.43. The third-order valence-corrected chi connectivity index (χ3v) is 8.43. The fraction of sp³-hybridized carbons (Fsp3) is 0.529. The molecule has 5 N–H and O–H groups in total. The number of hydrogen-bond donors (Lipinski definition) is 5. The molecule has 1 saturated carbocycles. The summed E-state index contributed by atoms with van der Waals surface area (Å²) in [6.45, 7) is 0.249. The number of imide groups is 1. The molecular formula is C34H43F3N6O9. The lowest BCUT2D eigenvalue weighted by Gasteiger charge is -2.29. The van der Waals surface area contributed by atoms with E-state index in [0.717, 1.165) is 0 Å². The number of nitrogens with one attached hydrogen (secondary N) is 5. The maximum Gasteiger partial charge on any atom is 0.421 e. The number of amides is 7. The van der Waals surface area contributed by atoms with Gasteiger partial charge in [0, 0.05) is 37.0 Å². The number of ketones is 1. The number of nitrogens with zero attached hydrogens (tertiary/aromatic N) is 1. The maximum atomic E-state index is 13.2. The summed E-state index contributed by atoms with van der Waals surface area (Å²) in [4.78, 5) is 99.5. The highest BCUT2D eigenvalue weighted by Crippen LogP contribution is 2.30. The summed E-state index contributed by atoms with van der Waals surface area (Å²) in [5.74, 6) is -6.66. The van der Waals surface area contributed by atoms with Gasteiger partial charge < -0.3 is 31.3 Å². The van der Waals surface area contributed by atoms with Crippen molar-refractivity contribution in [3.63, 3.8) is 0 Å². The molecule has 1 heterocycles. The van der Waals surface area contributed by atoms with E-state index in [9.17, 15) is 51.5 Å². The van der Waals surface area contributed by atoms with Gasteiger partial charge in [-0.05, 0) is 37.2 Å². The Bertz CT molecular complexity index is 1490. The third kappa shape index (κ3) is 13.2. The highest BCUT2D eigenvalue weighted by atomic mass is 19.4. The van der Waals surface area contributed by atoms with Crippen molar-refractivity contribution in [3.05, 3.63) is 48.0 Å². The molecule has 3 rings (SSSR count). The zero-order chi connectivity index (χ0) is 38.4. The minimum atomic E-state index is -4.99. The molecule has 2 atom stereocenters. The first kappa shape index (κ1) is 41.3. The second kappa shape index (κ2) is 19.5. The smallest absolute Gasteiger partial charge is 0.347 e. The molecule has 1 aromatic rings. The zero-order valence-corrected chi connectivity index (χ0v) is 28.8. The molecule has 1 aliphatic heterocycles. The SMILES string of the molecule is CC(C)C(=O)C(OCNC(=O)CNC(=O)[C@H](Cc1ccccc1)NC(=O)CNC(=O)CNC(=O)C1CCC(CN2C(=O)C=CC2=O)CC1)C(F)(F)F. The van der Waals surface area contributed by atoms with Crippen LogP contribution in [0.15, 0.2) is 42.5 Å². The van der Waals surface area contributed by atoms with Gasteiger partial charge in [0.1, 0.15) is 12.8 Å². The Hall–Kier alpha value is -5.13. The monoisotopic (exact) mass is 736 g/mol. The van der Waals surface area contributed by atoms with Crippen LogP contribution < -0.4 is 26.6 Å². The molecule has 1 aromatic carbocycles. The molecule has 1 unspecified atom stereocenters. The molecular weight excluding hydrogens is 693 g/mol. The molecule has 52 heavy (non-hydrogen) atoms. The van der Waals surface area contributed by atoms with E-state index < -0.39 is 80.0 Å². The van der Waals surface area contributed by atoms with Gasteiger partial charge in [-0.15, -0.1) is 0 Å². The molecule has 0 bridgehead atoms. The van der Waals surface area contributed by atoms with E-state index in [4.69, 9.17) is 0 Å². The van der Waals surface area contributed by atoms with Crippen molar-refractivity contribution >= 4 is 47.1 Å². The number of rotatable bonds is 18. The summed E-state index contributed by atoms with van der Waals surface area (Å²) < 4.78 is 44.1. The van der Waals surface area contributed by atoms with Crippen LogP contribution in [0.1, 0.15) is 45.1 Å². The first-order valence-electron chi connectivity index (χ1n) is 16.7. The molecule has 7 amide bonds. The van der Waals surface area contributed by atoms with Crippen molar-refractivity contribution in [2.45, 2.75) is 64.3 Å². The molecule has 15 nitrogen and oxygen atoms in total. The minimum absolute atomic E-state index is 0.0124. The summed E-state index contributed by atoms with van der Waals surface area (Å²) >= 11 is 0. The largest absolute Gasteiger partial charge is 0.421 e. The van der Waals surface area contributed by atoms with E-state index in [1.807, 2.05) is 5.32 Å². The predicted octanol–water partition coefficient (Wildman–Crippen LogP) is 0.0402. The Morgan fingerprint density at radius 3 is 1.98 bits per heavy atom. The molecule has 18 heteroatoms. The average Bonchev–Trinajstić information content (AvgIpc) is 3.42. The summed E-state index contributed by atoms with van der Waals surface area (Å²) in [7, 11) is 0. The first-order chi connectivity index (χ1) is 24.5. The molecule has 0 saturated heterocycles. The van der Waals surface area contributed by atoms with Crippen molar-refractivity contribution < 1.29 is 56.3 Å². The van der Waals surface area contributed by atoms with E-state index in [2.05, 4.69) is 26.0 Å². The van der Waals surface area contributed by atoms with Crippen molar-refractivity contribution in [1.82, 2.24) is 31.5 Å². The van der Waals surface area contributed by atoms with Crippen LogP contribution in [0.5, 0.6) is 0 Å². The lowest BCUT2D eigenvalue weighted by molar-refractivity contribution is -0.220. The molecule has 1 aliphatic carbocycles. The number of alkyl halides is 3. The number of ether oxygens (including phenoxy) is 1. The van der Waals surface area contributed by atoms with Crippen LogP contribution >= 0.6 is 0 Å². The van der Waals surface area contributed by atoms with E-state index in [1.165, 1.54) is 30.9 Å². The highest BCUT2D eigenvalue weighted by Gasteiger charge is 2.46. The fourth-order valence-electron chi connectivity index (χ4n) is 5.53. The second-order valence-electron chi connectivity index (χ2n) is 12.7. The van der Waals surface area contributed by atoms with Gasteiger partial charge in [-0.2, -0.15) is 13.2 Å². The number of carbonyl (C=O) groups excluding carboxylic acids is 8. The van der Waals surface area contributed by atoms with Crippen LogP contribution in [0.3, 0.4) is 0 Å². The van der Waals surface area contributed by atoms with Crippen LogP contribution in [0.4, 0.5) is 13.2 Å². The standard InChI is InChI=1S/C34H43F3N6O9/c1-20(2)30(49)31(34(35,36)37)52-19-41-26(45)16-40-33(51)24(14-21-6-4-3-5-7-21)42-27(46)17-38-25(44)15-39-32(50)23-10-8-22(9-11-23)18-43-28(47)12-13-29(43)48/h3-7,12-13,20,22-24,31H,8-11,14-19H2,1-2H3,(H,38,44)(H,39,50)(H,40,51)(H,41,45)(H,42,46)/t22?,23?,24-,31?/m0/s1.